The lowest BCUT2D eigenvalue weighted by atomic mass is 9.99. The molecule has 3 aromatic rings. The summed E-state index contributed by atoms with van der Waals surface area (Å²) in [7, 11) is 0. The molecule has 1 aliphatic rings. The molecule has 1 N–H and O–H groups in total. The number of hydrogen-bond acceptors (Lipinski definition) is 7. The predicted octanol–water partition coefficient (Wildman–Crippen LogP) is 3.23. The van der Waals surface area contributed by atoms with Gasteiger partial charge in [-0.05, 0) is 49.1 Å². The van der Waals surface area contributed by atoms with Gasteiger partial charge in [-0.2, -0.15) is 14.6 Å². The fourth-order valence-corrected chi connectivity index (χ4v) is 3.94. The summed E-state index contributed by atoms with van der Waals surface area (Å²) in [6.45, 7) is 3.43. The van der Waals surface area contributed by atoms with Crippen LogP contribution in [0.25, 0.3) is 10.1 Å². The van der Waals surface area contributed by atoms with Gasteiger partial charge in [-0.15, -0.1) is 0 Å². The van der Waals surface area contributed by atoms with Gasteiger partial charge >= 0.3 is 0 Å². The number of aromatic nitrogens is 1. The Hall–Kier alpha value is -4.16. The highest BCUT2D eigenvalue weighted by Crippen LogP contribution is 2.33. The van der Waals surface area contributed by atoms with Crippen LogP contribution < -0.4 is 5.43 Å². The molecule has 0 bridgehead atoms. The van der Waals surface area contributed by atoms with E-state index in [1.165, 1.54) is 18.5 Å². The van der Waals surface area contributed by atoms with Crippen LogP contribution in [0.5, 0.6) is 0 Å². The highest BCUT2D eigenvalue weighted by molar-refractivity contribution is 7.14. The van der Waals surface area contributed by atoms with Crippen molar-refractivity contribution >= 4 is 50.7 Å². The smallest absolute Gasteiger partial charge is 0.267 e. The molecule has 31 heavy (non-hydrogen) atoms. The van der Waals surface area contributed by atoms with Crippen LogP contribution in [-0.2, 0) is 9.59 Å². The van der Waals surface area contributed by atoms with Gasteiger partial charge in [0.05, 0.1) is 10.4 Å². The summed E-state index contributed by atoms with van der Waals surface area (Å²) in [6, 6.07) is 13.6. The minimum Gasteiger partial charge on any atom is -0.267 e. The number of aryl methyl sites for hydroxylation is 1. The summed E-state index contributed by atoms with van der Waals surface area (Å²) in [6.07, 6.45) is 1.72. The molecule has 8 nitrogen and oxygen atoms in total. The second-order valence-corrected chi connectivity index (χ2v) is 7.60. The Morgan fingerprint density at radius 3 is 2.58 bits per heavy atom. The first kappa shape index (κ1) is 20.1. The molecule has 1 aromatic heterocycles. The van der Waals surface area contributed by atoms with Crippen LogP contribution in [-0.4, -0.2) is 32.8 Å². The van der Waals surface area contributed by atoms with Crippen LogP contribution in [0, 0.1) is 18.3 Å². The van der Waals surface area contributed by atoms with Gasteiger partial charge < -0.3 is 0 Å². The number of amides is 3. The first-order chi connectivity index (χ1) is 14.9. The van der Waals surface area contributed by atoms with E-state index in [1.807, 2.05) is 19.1 Å². The first-order valence-corrected chi connectivity index (χ1v) is 9.98. The largest absolute Gasteiger partial charge is 0.298 e. The monoisotopic (exact) mass is 429 g/mol. The zero-order chi connectivity index (χ0) is 22.1. The average molecular weight is 429 g/mol. The maximum atomic E-state index is 13.1. The Labute approximate surface area is 181 Å². The van der Waals surface area contributed by atoms with Crippen LogP contribution in [0.4, 0.5) is 5.69 Å². The van der Waals surface area contributed by atoms with Crippen LogP contribution in [0.3, 0.4) is 0 Å². The minimum atomic E-state index is -0.903. The number of nitrogens with zero attached hydrogens (tertiary/aromatic N) is 4. The van der Waals surface area contributed by atoms with Crippen LogP contribution >= 0.6 is 11.5 Å². The van der Waals surface area contributed by atoms with Crippen molar-refractivity contribution in [3.05, 3.63) is 70.9 Å². The van der Waals surface area contributed by atoms with Gasteiger partial charge in [-0.25, -0.2) is 4.99 Å². The lowest BCUT2D eigenvalue weighted by Gasteiger charge is -2.26. The SMILES string of the molecule is CC1=C(C#N)C(=O)N(NC(=O)c2ccccc2)C(=O)/C1=N\c1ccc(C)c2cnsc12. The van der Waals surface area contributed by atoms with E-state index >= 15 is 0 Å². The van der Waals surface area contributed by atoms with Gasteiger partial charge in [-0.3, -0.25) is 19.8 Å². The second-order valence-electron chi connectivity index (χ2n) is 6.80. The zero-order valence-corrected chi connectivity index (χ0v) is 17.4. The molecule has 0 spiro atoms. The molecule has 1 aliphatic heterocycles. The Morgan fingerprint density at radius 2 is 1.87 bits per heavy atom. The molecular formula is C22H15N5O3S. The maximum Gasteiger partial charge on any atom is 0.298 e. The number of rotatable bonds is 3. The summed E-state index contributed by atoms with van der Waals surface area (Å²) in [5.41, 5.74) is 3.86. The van der Waals surface area contributed by atoms with Crippen molar-refractivity contribution in [2.45, 2.75) is 13.8 Å². The maximum absolute atomic E-state index is 13.1. The van der Waals surface area contributed by atoms with E-state index < -0.39 is 17.7 Å². The van der Waals surface area contributed by atoms with Crippen LogP contribution in [0.15, 0.2) is 64.8 Å². The normalized spacial score (nSPS) is 15.5. The fraction of sp³-hybridized carbons (Fsp3) is 0.0909. The Bertz CT molecular complexity index is 1350. The topological polar surface area (TPSA) is 116 Å². The Balaban J connectivity index is 1.79. The van der Waals surface area contributed by atoms with Crippen molar-refractivity contribution in [3.63, 3.8) is 0 Å². The van der Waals surface area contributed by atoms with E-state index in [0.29, 0.717) is 10.7 Å². The molecular weight excluding hydrogens is 414 g/mol. The standard InChI is InChI=1S/C22H15N5O3S/c1-12-8-9-17(19-16(12)11-24-31-19)25-18-13(2)15(10-23)21(29)27(22(18)30)26-20(28)14-6-4-3-5-7-14/h3-9,11H,1-2H3,(H,26,28)/b25-18-. The zero-order valence-electron chi connectivity index (χ0n) is 16.5. The van der Waals surface area contributed by atoms with E-state index in [1.54, 1.807) is 42.6 Å². The van der Waals surface area contributed by atoms with Crippen molar-refractivity contribution in [1.82, 2.24) is 14.8 Å². The Morgan fingerprint density at radius 1 is 1.13 bits per heavy atom. The molecule has 4 rings (SSSR count). The predicted molar refractivity (Wildman–Crippen MR) is 116 cm³/mol. The van der Waals surface area contributed by atoms with Crippen molar-refractivity contribution < 1.29 is 14.4 Å². The van der Waals surface area contributed by atoms with Crippen molar-refractivity contribution in [2.75, 3.05) is 0 Å². The number of nitrogens with one attached hydrogen (secondary N) is 1. The third kappa shape index (κ3) is 3.49. The highest BCUT2D eigenvalue weighted by Gasteiger charge is 2.38. The van der Waals surface area contributed by atoms with E-state index in [2.05, 4.69) is 14.8 Å². The number of aliphatic imine (C=N–C) groups is 1. The Kier molecular flexibility index (Phi) is 5.15. The van der Waals surface area contributed by atoms with Crippen molar-refractivity contribution in [3.8, 4) is 6.07 Å². The van der Waals surface area contributed by atoms with Gasteiger partial charge in [0, 0.05) is 22.7 Å². The molecule has 152 valence electrons. The summed E-state index contributed by atoms with van der Waals surface area (Å²) < 4.78 is 4.97. The second kappa shape index (κ2) is 7.93. The number of hydrogen-bond donors (Lipinski definition) is 1. The van der Waals surface area contributed by atoms with Crippen molar-refractivity contribution in [2.24, 2.45) is 4.99 Å². The molecule has 0 fully saturated rings. The number of imide groups is 1. The molecule has 0 atom stereocenters. The lowest BCUT2D eigenvalue weighted by Crippen LogP contribution is -2.55. The summed E-state index contributed by atoms with van der Waals surface area (Å²) in [4.78, 5) is 42.8. The van der Waals surface area contributed by atoms with Gasteiger partial charge in [0.25, 0.3) is 17.7 Å². The number of hydrazine groups is 1. The lowest BCUT2D eigenvalue weighted by molar-refractivity contribution is -0.141. The third-order valence-corrected chi connectivity index (χ3v) is 5.69. The molecule has 0 radical (unpaired) electrons. The van der Waals surface area contributed by atoms with E-state index in [-0.39, 0.29) is 22.4 Å². The number of fused-ring (bicyclic) bond motifs is 1. The number of carbonyl (C=O) groups is 3. The summed E-state index contributed by atoms with van der Waals surface area (Å²) >= 11 is 1.24. The molecule has 3 amide bonds. The van der Waals surface area contributed by atoms with Crippen LogP contribution in [0.2, 0.25) is 0 Å². The van der Waals surface area contributed by atoms with Gasteiger partial charge in [-0.1, -0.05) is 24.3 Å². The van der Waals surface area contributed by atoms with E-state index in [4.69, 9.17) is 0 Å². The highest BCUT2D eigenvalue weighted by atomic mass is 32.1. The molecule has 0 aliphatic carbocycles. The van der Waals surface area contributed by atoms with E-state index in [0.717, 1.165) is 15.6 Å². The average Bonchev–Trinajstić information content (AvgIpc) is 3.28. The van der Waals surface area contributed by atoms with Crippen LogP contribution in [0.1, 0.15) is 22.8 Å². The molecule has 9 heteroatoms. The fourth-order valence-electron chi connectivity index (χ4n) is 3.15. The number of carbonyl (C=O) groups excluding carboxylic acids is 3. The first-order valence-electron chi connectivity index (χ1n) is 9.21. The minimum absolute atomic E-state index is 0.0944. The summed E-state index contributed by atoms with van der Waals surface area (Å²) in [5, 5.41) is 10.9. The third-order valence-electron chi connectivity index (χ3n) is 4.87. The van der Waals surface area contributed by atoms with Gasteiger partial charge in [0.15, 0.2) is 0 Å². The van der Waals surface area contributed by atoms with Crippen molar-refractivity contribution in [1.29, 1.82) is 5.26 Å². The van der Waals surface area contributed by atoms with E-state index in [9.17, 15) is 19.6 Å². The molecule has 2 heterocycles. The molecule has 0 saturated carbocycles. The molecule has 0 saturated heterocycles. The van der Waals surface area contributed by atoms with Gasteiger partial charge in [0.2, 0.25) is 0 Å². The molecule has 0 unspecified atom stereocenters. The van der Waals surface area contributed by atoms with Gasteiger partial charge in [0.1, 0.15) is 17.4 Å². The molecule has 2 aromatic carbocycles. The number of benzene rings is 2. The quantitative estimate of drug-likeness (QED) is 0.642. The summed E-state index contributed by atoms with van der Waals surface area (Å²) in [5.74, 6) is -2.37. The number of nitriles is 1.